The minimum atomic E-state index is 0.248. The predicted molar refractivity (Wildman–Crippen MR) is 81.2 cm³/mol. The molecule has 6 nitrogen and oxygen atoms in total. The number of thiophene rings is 1. The molecule has 1 atom stereocenters. The maximum absolute atomic E-state index is 5.42. The van der Waals surface area contributed by atoms with Gasteiger partial charge in [-0.2, -0.15) is 16.3 Å². The minimum Gasteiger partial charge on any atom is -0.359 e. The molecular formula is C15H16N4O2S. The summed E-state index contributed by atoms with van der Waals surface area (Å²) in [5.41, 5.74) is 1.92. The lowest BCUT2D eigenvalue weighted by Crippen LogP contribution is -2.22. The first kappa shape index (κ1) is 13.7. The van der Waals surface area contributed by atoms with Gasteiger partial charge in [0.05, 0.1) is 18.3 Å². The molecule has 0 aliphatic carbocycles. The van der Waals surface area contributed by atoms with E-state index in [0.717, 1.165) is 36.4 Å². The number of hydrogen-bond donors (Lipinski definition) is 0. The van der Waals surface area contributed by atoms with Crippen molar-refractivity contribution in [2.75, 3.05) is 6.54 Å². The first-order valence-electron chi connectivity index (χ1n) is 7.32. The van der Waals surface area contributed by atoms with Crippen LogP contribution in [0.15, 0.2) is 31.9 Å². The Bertz CT molecular complexity index is 749. The van der Waals surface area contributed by atoms with Crippen molar-refractivity contribution in [2.24, 2.45) is 0 Å². The van der Waals surface area contributed by atoms with Crippen LogP contribution in [0, 0.1) is 6.92 Å². The van der Waals surface area contributed by atoms with Crippen molar-refractivity contribution in [2.45, 2.75) is 32.4 Å². The van der Waals surface area contributed by atoms with Crippen molar-refractivity contribution in [3.8, 4) is 11.4 Å². The van der Waals surface area contributed by atoms with Gasteiger partial charge in [0.1, 0.15) is 0 Å². The molecule has 0 saturated carbocycles. The van der Waals surface area contributed by atoms with Crippen molar-refractivity contribution in [1.82, 2.24) is 20.2 Å². The Kier molecular flexibility index (Phi) is 3.51. The van der Waals surface area contributed by atoms with E-state index in [1.54, 1.807) is 11.3 Å². The zero-order chi connectivity index (χ0) is 14.9. The third kappa shape index (κ3) is 2.57. The molecular weight excluding hydrogens is 300 g/mol. The molecule has 0 bridgehead atoms. The molecule has 1 fully saturated rings. The molecule has 7 heteroatoms. The first-order chi connectivity index (χ1) is 10.8. The van der Waals surface area contributed by atoms with E-state index >= 15 is 0 Å². The summed E-state index contributed by atoms with van der Waals surface area (Å²) in [5, 5.41) is 12.1. The highest BCUT2D eigenvalue weighted by Crippen LogP contribution is 2.33. The van der Waals surface area contributed by atoms with E-state index in [0.29, 0.717) is 18.3 Å². The fraction of sp³-hybridized carbons (Fsp3) is 0.400. The predicted octanol–water partition coefficient (Wildman–Crippen LogP) is 3.43. The van der Waals surface area contributed by atoms with E-state index in [-0.39, 0.29) is 6.04 Å². The second kappa shape index (κ2) is 5.66. The van der Waals surface area contributed by atoms with E-state index < -0.39 is 0 Å². The van der Waals surface area contributed by atoms with Crippen LogP contribution in [0.5, 0.6) is 0 Å². The number of hydrogen-bond acceptors (Lipinski definition) is 7. The molecule has 4 heterocycles. The highest BCUT2D eigenvalue weighted by atomic mass is 32.1. The van der Waals surface area contributed by atoms with Gasteiger partial charge in [0.15, 0.2) is 5.76 Å². The largest absolute Gasteiger partial charge is 0.359 e. The fourth-order valence-electron chi connectivity index (χ4n) is 2.88. The van der Waals surface area contributed by atoms with Gasteiger partial charge < -0.3 is 9.05 Å². The Hall–Kier alpha value is -1.99. The maximum atomic E-state index is 5.42. The second-order valence-corrected chi connectivity index (χ2v) is 6.30. The number of nitrogens with zero attached hydrogens (tertiary/aromatic N) is 4. The number of aromatic nitrogens is 3. The molecule has 0 aromatic carbocycles. The fourth-order valence-corrected chi connectivity index (χ4v) is 3.51. The summed E-state index contributed by atoms with van der Waals surface area (Å²) in [4.78, 5) is 6.80. The lowest BCUT2D eigenvalue weighted by atomic mass is 10.1. The molecule has 4 rings (SSSR count). The summed E-state index contributed by atoms with van der Waals surface area (Å²) in [5.74, 6) is 2.22. The average molecular weight is 316 g/mol. The molecule has 0 N–H and O–H groups in total. The van der Waals surface area contributed by atoms with Crippen molar-refractivity contribution in [3.63, 3.8) is 0 Å². The normalized spacial score (nSPS) is 19.0. The molecule has 0 unspecified atom stereocenters. The molecule has 3 aromatic heterocycles. The summed E-state index contributed by atoms with van der Waals surface area (Å²) >= 11 is 1.63. The standard InChI is InChI=1S/C15H16N4O2S/c1-10-7-13(20-17-10)12-3-2-5-19(12)8-14-16-15(18-21-14)11-4-6-22-9-11/h4,6-7,9,12H,2-3,5,8H2,1H3/t12-/m1/s1. The summed E-state index contributed by atoms with van der Waals surface area (Å²) in [6, 6.07) is 4.25. The van der Waals surface area contributed by atoms with Gasteiger partial charge in [-0.3, -0.25) is 4.90 Å². The molecule has 1 aliphatic heterocycles. The summed E-state index contributed by atoms with van der Waals surface area (Å²) in [7, 11) is 0. The first-order valence-corrected chi connectivity index (χ1v) is 8.26. The van der Waals surface area contributed by atoms with Crippen molar-refractivity contribution in [3.05, 3.63) is 40.2 Å². The molecule has 1 aliphatic rings. The summed E-state index contributed by atoms with van der Waals surface area (Å²) in [6.45, 7) is 3.58. The Morgan fingerprint density at radius 2 is 2.32 bits per heavy atom. The van der Waals surface area contributed by atoms with Crippen LogP contribution < -0.4 is 0 Å². The molecule has 0 amide bonds. The average Bonchev–Trinajstić information content (AvgIpc) is 3.26. The quantitative estimate of drug-likeness (QED) is 0.734. The topological polar surface area (TPSA) is 68.2 Å². The number of rotatable bonds is 4. The zero-order valence-electron chi connectivity index (χ0n) is 12.2. The van der Waals surface area contributed by atoms with Crippen LogP contribution in [-0.2, 0) is 6.54 Å². The zero-order valence-corrected chi connectivity index (χ0v) is 13.0. The van der Waals surface area contributed by atoms with Crippen LogP contribution in [0.4, 0.5) is 0 Å². The lowest BCUT2D eigenvalue weighted by Gasteiger charge is -2.19. The van der Waals surface area contributed by atoms with Gasteiger partial charge in [-0.25, -0.2) is 0 Å². The Labute approximate surface area is 131 Å². The van der Waals surface area contributed by atoms with Crippen LogP contribution in [0.3, 0.4) is 0 Å². The van der Waals surface area contributed by atoms with Crippen LogP contribution in [-0.4, -0.2) is 26.7 Å². The van der Waals surface area contributed by atoms with Gasteiger partial charge in [0.2, 0.25) is 11.7 Å². The Morgan fingerprint density at radius 3 is 3.09 bits per heavy atom. The molecule has 1 saturated heterocycles. The number of likely N-dealkylation sites (tertiary alicyclic amines) is 1. The minimum absolute atomic E-state index is 0.248. The monoisotopic (exact) mass is 316 g/mol. The third-order valence-corrected chi connectivity index (χ3v) is 4.61. The van der Waals surface area contributed by atoms with Crippen molar-refractivity contribution in [1.29, 1.82) is 0 Å². The van der Waals surface area contributed by atoms with Crippen LogP contribution in [0.25, 0.3) is 11.4 Å². The second-order valence-electron chi connectivity index (χ2n) is 5.52. The smallest absolute Gasteiger partial charge is 0.241 e. The van der Waals surface area contributed by atoms with Crippen LogP contribution in [0.2, 0.25) is 0 Å². The highest BCUT2D eigenvalue weighted by molar-refractivity contribution is 7.08. The van der Waals surface area contributed by atoms with E-state index in [2.05, 4.69) is 20.2 Å². The Morgan fingerprint density at radius 1 is 1.36 bits per heavy atom. The maximum Gasteiger partial charge on any atom is 0.241 e. The van der Waals surface area contributed by atoms with Crippen molar-refractivity contribution >= 4 is 11.3 Å². The van der Waals surface area contributed by atoms with Gasteiger partial charge in [-0.1, -0.05) is 10.3 Å². The summed E-state index contributed by atoms with van der Waals surface area (Å²) in [6.07, 6.45) is 2.20. The van der Waals surface area contributed by atoms with Gasteiger partial charge in [0, 0.05) is 17.0 Å². The molecule has 114 valence electrons. The highest BCUT2D eigenvalue weighted by Gasteiger charge is 2.30. The van der Waals surface area contributed by atoms with E-state index in [4.69, 9.17) is 9.05 Å². The summed E-state index contributed by atoms with van der Waals surface area (Å²) < 4.78 is 10.8. The van der Waals surface area contributed by atoms with Crippen LogP contribution >= 0.6 is 11.3 Å². The van der Waals surface area contributed by atoms with E-state index in [9.17, 15) is 0 Å². The van der Waals surface area contributed by atoms with Gasteiger partial charge in [0.25, 0.3) is 0 Å². The van der Waals surface area contributed by atoms with Crippen LogP contribution in [0.1, 0.15) is 36.2 Å². The SMILES string of the molecule is Cc1cc([C@H]2CCCN2Cc2nc(-c3ccsc3)no2)on1. The van der Waals surface area contributed by atoms with Gasteiger partial charge in [-0.05, 0) is 37.8 Å². The molecule has 3 aromatic rings. The van der Waals surface area contributed by atoms with Gasteiger partial charge >= 0.3 is 0 Å². The van der Waals surface area contributed by atoms with Crippen molar-refractivity contribution < 1.29 is 9.05 Å². The van der Waals surface area contributed by atoms with Gasteiger partial charge in [-0.15, -0.1) is 0 Å². The van der Waals surface area contributed by atoms with E-state index in [1.165, 1.54) is 0 Å². The Balaban J connectivity index is 1.50. The molecule has 0 spiro atoms. The molecule has 22 heavy (non-hydrogen) atoms. The van der Waals surface area contributed by atoms with E-state index in [1.807, 2.05) is 29.8 Å². The number of aryl methyl sites for hydroxylation is 1. The third-order valence-electron chi connectivity index (χ3n) is 3.92. The lowest BCUT2D eigenvalue weighted by molar-refractivity contribution is 0.183. The molecule has 0 radical (unpaired) electrons.